The highest BCUT2D eigenvalue weighted by atomic mass is 35.5. The maximum atomic E-state index is 12.8. The highest BCUT2D eigenvalue weighted by Gasteiger charge is 2.34. The number of halogens is 5. The van der Waals surface area contributed by atoms with Gasteiger partial charge in [0.25, 0.3) is 11.1 Å². The summed E-state index contributed by atoms with van der Waals surface area (Å²) in [5.41, 5.74) is 5.09. The lowest BCUT2D eigenvalue weighted by Crippen LogP contribution is -2.47. The van der Waals surface area contributed by atoms with Crippen LogP contribution in [0.1, 0.15) is 114 Å². The minimum atomic E-state index is -0.840. The van der Waals surface area contributed by atoms with Crippen LogP contribution in [0, 0.1) is 23.7 Å². The van der Waals surface area contributed by atoms with E-state index in [4.69, 9.17) is 78.3 Å². The monoisotopic (exact) mass is 1810 g/mol. The molecule has 4 aliphatic rings. The summed E-state index contributed by atoms with van der Waals surface area (Å²) in [5.74, 6) is 1.90. The van der Waals surface area contributed by atoms with Crippen LogP contribution in [0.2, 0.25) is 20.1 Å². The van der Waals surface area contributed by atoms with Crippen LogP contribution in [0.15, 0.2) is 133 Å². The van der Waals surface area contributed by atoms with Gasteiger partial charge in [-0.25, -0.2) is 9.59 Å². The summed E-state index contributed by atoms with van der Waals surface area (Å²) in [7, 11) is 0. The molecule has 6 aromatic carbocycles. The minimum Gasteiger partial charge on any atom is -0.481 e. The van der Waals surface area contributed by atoms with Crippen LogP contribution >= 0.6 is 104 Å². The Morgan fingerprint density at radius 2 is 0.775 bits per heavy atom. The number of aliphatic carboxylic acids is 1. The fourth-order valence-corrected chi connectivity index (χ4v) is 17.3. The molecule has 4 unspecified atom stereocenters. The maximum Gasteiger partial charge on any atom is 0.410 e. The number of anilines is 4. The third kappa shape index (κ3) is 30.6. The molecule has 8 heterocycles. The highest BCUT2D eigenvalue weighted by molar-refractivity contribution is 7.14. The topological polar surface area (TPSA) is 359 Å². The third-order valence-electron chi connectivity index (χ3n) is 18.9. The van der Waals surface area contributed by atoms with Crippen LogP contribution < -0.4 is 48.3 Å². The summed E-state index contributed by atoms with van der Waals surface area (Å²) < 4.78 is 32.8. The minimum absolute atomic E-state index is 0.0156. The zero-order valence-electron chi connectivity index (χ0n) is 67.7. The first kappa shape index (κ1) is 94.9. The lowest BCUT2D eigenvalue weighted by Gasteiger charge is -2.33. The Hall–Kier alpha value is -8.99. The first-order chi connectivity index (χ1) is 57.5. The van der Waals surface area contributed by atoms with Crippen LogP contribution in [-0.2, 0) is 28.7 Å². The van der Waals surface area contributed by atoms with Crippen molar-refractivity contribution in [1.29, 1.82) is 0 Å². The lowest BCUT2D eigenvalue weighted by atomic mass is 9.96. The summed E-state index contributed by atoms with van der Waals surface area (Å²) in [6.07, 6.45) is 5.79. The molecule has 4 atom stereocenters. The van der Waals surface area contributed by atoms with Gasteiger partial charge in [-0.05, 0) is 242 Å². The Labute approximate surface area is 739 Å². The number of carbonyl (C=O) groups excluding carboxylic acids is 7. The van der Waals surface area contributed by atoms with E-state index < -0.39 is 34.4 Å². The van der Waals surface area contributed by atoms with Crippen molar-refractivity contribution < 1.29 is 52.9 Å². The number of nitrogens with one attached hydrogen (secondary N) is 8. The first-order valence-electron chi connectivity index (χ1n) is 39.7. The molecular formula is C84H103Cl5N16O11S4. The third-order valence-corrected chi connectivity index (χ3v) is 23.3. The second kappa shape index (κ2) is 47.4. The molecule has 0 bridgehead atoms. The molecule has 11 N–H and O–H groups in total. The van der Waals surface area contributed by atoms with Crippen LogP contribution in [0.4, 0.5) is 32.9 Å². The van der Waals surface area contributed by atoms with Crippen LogP contribution in [0.5, 0.6) is 0 Å². The largest absolute Gasteiger partial charge is 0.481 e. The number of fused-ring (bicyclic) bond motifs is 4. The van der Waals surface area contributed by atoms with Crippen molar-refractivity contribution in [1.82, 2.24) is 53.5 Å². The number of nitrogens with two attached hydrogens (primary N) is 1. The van der Waals surface area contributed by atoms with E-state index in [1.54, 1.807) is 48.8 Å². The number of likely N-dealkylation sites (tertiary alicyclic amines) is 3. The number of hydrogen-bond acceptors (Lipinski definition) is 24. The first-order valence-corrected chi connectivity index (χ1v) is 44.6. The number of ether oxygens (including phenoxy) is 2. The van der Waals surface area contributed by atoms with Gasteiger partial charge in [0.1, 0.15) is 34.5 Å². The van der Waals surface area contributed by atoms with Crippen molar-refractivity contribution >= 4 is 215 Å². The average molecular weight is 1820 g/mol. The predicted molar refractivity (Wildman–Crippen MR) is 487 cm³/mol. The van der Waals surface area contributed by atoms with Gasteiger partial charge in [-0.2, -0.15) is 17.5 Å². The van der Waals surface area contributed by atoms with Gasteiger partial charge in [0.15, 0.2) is 0 Å². The average Bonchev–Trinajstić information content (AvgIpc) is 1.63. The highest BCUT2D eigenvalue weighted by Crippen LogP contribution is 2.32. The molecule has 0 spiro atoms. The van der Waals surface area contributed by atoms with Crippen molar-refractivity contribution in [3.8, 4) is 0 Å². The molecule has 27 nitrogen and oxygen atoms in total. The molecular weight excluding hydrogens is 1710 g/mol. The summed E-state index contributed by atoms with van der Waals surface area (Å²) >= 11 is 34.3. The predicted octanol–water partition coefficient (Wildman–Crippen LogP) is 16.7. The zero-order valence-corrected chi connectivity index (χ0v) is 74.8. The fraction of sp³-hybridized carbons (Fsp3) is 0.429. The summed E-state index contributed by atoms with van der Waals surface area (Å²) in [6.45, 7) is 20.5. The van der Waals surface area contributed by atoms with Crippen molar-refractivity contribution in [2.24, 2.45) is 29.4 Å². The number of rotatable bonds is 21. The number of nitrogens with zero attached hydrogens (tertiary/aromatic N) is 7. The van der Waals surface area contributed by atoms with Crippen molar-refractivity contribution in [3.05, 3.63) is 165 Å². The number of amides is 6. The fourth-order valence-electron chi connectivity index (χ4n) is 13.1. The summed E-state index contributed by atoms with van der Waals surface area (Å²) in [6, 6.07) is 41.7. The van der Waals surface area contributed by atoms with Gasteiger partial charge < -0.3 is 77.5 Å². The van der Waals surface area contributed by atoms with E-state index in [1.807, 2.05) is 93.6 Å². The van der Waals surface area contributed by atoms with E-state index in [-0.39, 0.29) is 54.0 Å². The number of benzene rings is 6. The molecule has 0 radical (unpaired) electrons. The number of carboxylic acids is 1. The van der Waals surface area contributed by atoms with Gasteiger partial charge in [0, 0.05) is 151 Å². The van der Waals surface area contributed by atoms with Crippen molar-refractivity contribution in [3.63, 3.8) is 0 Å². The second-order valence-electron chi connectivity index (χ2n) is 30.6. The molecule has 6 amide bonds. The van der Waals surface area contributed by atoms with E-state index in [1.165, 1.54) is 84.0 Å². The van der Waals surface area contributed by atoms with Gasteiger partial charge in [0.05, 0.1) is 42.5 Å². The molecule has 10 aromatic rings. The van der Waals surface area contributed by atoms with Crippen LogP contribution in [-0.4, -0.2) is 200 Å². The Kier molecular flexibility index (Phi) is 37.5. The van der Waals surface area contributed by atoms with E-state index in [9.17, 15) is 38.4 Å². The standard InChI is InChI=1S/C22H22Cl2N4O2S.C20H28N4O3S.C15H20N4OS.C11H19NO4.C9H11N3S.C7H3Cl3O/c23-16-10-15(11-17(24)12-16)22(30)28-9-3-4-14(13-28)21(29)26-8-7-25-20-18-5-1-2-6-19(18)31-27-20;1-20(2,3)27-19(26)24-12-6-7-14(13-24)18(25)22-11-10-21-17-15-8-4-5-9-16(15)28-23-17;20-15(11-4-3-7-16-10-11)18-9-8-17-14-12-5-1-2-6-13(12)21-19-14;1-11(2,3)16-10(15)12-6-4-5-8(7-12)9(13)14;10-5-6-11-9-7-3-1-2-4-8(7)13-12-9;8-5-1-4(7(10)11)2-6(9)3-5/h1-2,5-6,10-12,14H,3-4,7-9,13H2,(H,25,27)(H,26,29);4-5,8-9,14H,6-7,10-13H2,1-3H3,(H,21,23)(H,22,25);1-2,5-6,11,16H,3-4,7-10H2,(H,17,19)(H,18,20);8H,4-7H2,1-3H3,(H,13,14);1-4H,5-6,10H2,(H,11,12);1-3H. The molecule has 120 heavy (non-hydrogen) atoms. The Balaban J connectivity index is 0.000000170. The summed E-state index contributed by atoms with van der Waals surface area (Å²) in [4.78, 5) is 100. The Bertz CT molecular complexity index is 5020. The van der Waals surface area contributed by atoms with E-state index in [0.29, 0.717) is 116 Å². The smallest absolute Gasteiger partial charge is 0.410 e. The van der Waals surface area contributed by atoms with Gasteiger partial charge in [0.2, 0.25) is 17.7 Å². The zero-order chi connectivity index (χ0) is 86.3. The molecule has 0 saturated carbocycles. The Morgan fingerprint density at radius 3 is 1.12 bits per heavy atom. The molecule has 0 aliphatic carbocycles. The molecule has 36 heteroatoms. The molecule has 4 saturated heterocycles. The molecule has 644 valence electrons. The Morgan fingerprint density at radius 1 is 0.450 bits per heavy atom. The number of carboxylic acid groups (broad SMARTS) is 1. The molecule has 4 aliphatic heterocycles. The van der Waals surface area contributed by atoms with Gasteiger partial charge in [-0.15, -0.1) is 0 Å². The second-order valence-corrected chi connectivity index (χ2v) is 35.9. The number of piperidine rings is 4. The number of carbonyl (C=O) groups is 8. The number of hydrogen-bond donors (Lipinski definition) is 10. The van der Waals surface area contributed by atoms with Crippen LogP contribution in [0.3, 0.4) is 0 Å². The maximum absolute atomic E-state index is 12.8. The SMILES string of the molecule is CC(C)(C)OC(=O)N1CCCC(C(=O)NCCNc2nsc3ccccc23)C1.CC(C)(C)OC(=O)N1CCCC(C(=O)O)C1.NCCNc1nsc2ccccc12.O=C(Cl)c1cc(Cl)cc(Cl)c1.O=C(NCCNc1nsc2ccccc12)C1CCCN(C(=O)c2cc(Cl)cc(Cl)c2)C1.O=C(NCCNc1nsc2ccccc12)C1CCCNC1. The van der Waals surface area contributed by atoms with E-state index in [0.717, 1.165) is 113 Å². The lowest BCUT2D eigenvalue weighted by molar-refractivity contribution is -0.143. The molecule has 4 fully saturated rings. The normalized spacial score (nSPS) is 16.4. The van der Waals surface area contributed by atoms with E-state index >= 15 is 0 Å². The van der Waals surface area contributed by atoms with Gasteiger partial charge >= 0.3 is 18.2 Å². The van der Waals surface area contributed by atoms with Crippen molar-refractivity contribution in [2.75, 3.05) is 126 Å². The number of aromatic nitrogens is 4. The van der Waals surface area contributed by atoms with E-state index in [2.05, 4.69) is 84.3 Å². The summed E-state index contributed by atoms with van der Waals surface area (Å²) in [5, 5.41) is 39.7. The van der Waals surface area contributed by atoms with Crippen molar-refractivity contribution in [2.45, 2.75) is 104 Å². The molecule has 4 aromatic heterocycles. The molecule has 14 rings (SSSR count). The van der Waals surface area contributed by atoms with Gasteiger partial charge in [-0.1, -0.05) is 94.9 Å². The van der Waals surface area contributed by atoms with Crippen LogP contribution in [0.25, 0.3) is 40.3 Å². The quantitative estimate of drug-likeness (QED) is 0.0236. The van der Waals surface area contributed by atoms with Gasteiger partial charge in [-0.3, -0.25) is 28.8 Å².